The van der Waals surface area contributed by atoms with Gasteiger partial charge < -0.3 is 25.0 Å². The van der Waals surface area contributed by atoms with Crippen molar-refractivity contribution in [1.82, 2.24) is 19.5 Å². The fourth-order valence-electron chi connectivity index (χ4n) is 2.14. The lowest BCUT2D eigenvalue weighted by Crippen LogP contribution is -2.18. The molecule has 2 unspecified atom stereocenters. The number of nitrogen functional groups attached to an aromatic ring is 1. The number of nitrogens with two attached hydrogens (primary N) is 1. The fraction of sp³-hybridized carbons (Fsp3) is 0.300. The van der Waals surface area contributed by atoms with Crippen LogP contribution in [0.25, 0.3) is 11.2 Å². The summed E-state index contributed by atoms with van der Waals surface area (Å²) in [5, 5.41) is 0. The molecule has 0 aliphatic carbocycles. The van der Waals surface area contributed by atoms with Gasteiger partial charge in [-0.2, -0.15) is 9.79 Å². The van der Waals surface area contributed by atoms with Crippen LogP contribution >= 0.6 is 15.8 Å². The van der Waals surface area contributed by atoms with E-state index in [1.165, 1.54) is 10.9 Å². The molecule has 2 atom stereocenters. The molecule has 0 saturated heterocycles. The van der Waals surface area contributed by atoms with Gasteiger partial charge in [0.15, 0.2) is 29.8 Å². The van der Waals surface area contributed by atoms with Gasteiger partial charge in [-0.3, -0.25) is 4.57 Å². The molecule has 0 aromatic carbocycles. The molecule has 0 saturated carbocycles. The lowest BCUT2D eigenvalue weighted by molar-refractivity contribution is -0.131. The summed E-state index contributed by atoms with van der Waals surface area (Å²) in [6.45, 7) is 0. The molecule has 16 heteroatoms. The van der Waals surface area contributed by atoms with Gasteiger partial charge in [-0.1, -0.05) is 4.31 Å². The molecule has 142 valence electrons. The van der Waals surface area contributed by atoms with E-state index < -0.39 is 40.5 Å². The van der Waals surface area contributed by atoms with Crippen LogP contribution in [-0.4, -0.2) is 51.7 Å². The van der Waals surface area contributed by atoms with E-state index in [0.717, 1.165) is 12.4 Å². The number of fused-ring (bicyclic) bond motifs is 1. The second-order valence-corrected chi connectivity index (χ2v) is 8.25. The zero-order valence-corrected chi connectivity index (χ0v) is 14.4. The third kappa shape index (κ3) is 4.20. The van der Waals surface area contributed by atoms with E-state index in [0.29, 0.717) is 0 Å². The Balaban J connectivity index is 1.70. The standard InChI is InChI=1S/C10H12FN5O8P2/c11-5-1-6(22-4-25(17,18)24-26(19,20)21)23-10(5)16-3-15-7-8(12)13-2-14-9(7)16/h1-3,6,10,17-18H,4H2,(H3-,12,13,14,19,20,21)/p+1. The van der Waals surface area contributed by atoms with Gasteiger partial charge in [-0.25, -0.2) is 23.9 Å². The average Bonchev–Trinajstić information content (AvgIpc) is 3.07. The second-order valence-electron chi connectivity index (χ2n) is 5.02. The molecule has 0 fully saturated rings. The van der Waals surface area contributed by atoms with Gasteiger partial charge in [0.1, 0.15) is 11.8 Å². The van der Waals surface area contributed by atoms with Crippen molar-refractivity contribution in [3.63, 3.8) is 0 Å². The highest BCUT2D eigenvalue weighted by Crippen LogP contribution is 2.62. The molecule has 26 heavy (non-hydrogen) atoms. The lowest BCUT2D eigenvalue weighted by Gasteiger charge is -2.17. The van der Waals surface area contributed by atoms with Crippen molar-refractivity contribution in [1.29, 1.82) is 0 Å². The first-order chi connectivity index (χ1) is 12.1. The lowest BCUT2D eigenvalue weighted by atomic mass is 10.4. The van der Waals surface area contributed by atoms with E-state index in [1.54, 1.807) is 0 Å². The highest BCUT2D eigenvalue weighted by molar-refractivity contribution is 7.67. The first-order valence-corrected chi connectivity index (χ1v) is 10.1. The monoisotopic (exact) mass is 412 g/mol. The number of rotatable bonds is 6. The Labute approximate surface area is 144 Å². The van der Waals surface area contributed by atoms with Crippen molar-refractivity contribution in [2.24, 2.45) is 0 Å². The van der Waals surface area contributed by atoms with Crippen LogP contribution < -0.4 is 5.73 Å². The summed E-state index contributed by atoms with van der Waals surface area (Å²) >= 11 is 0. The van der Waals surface area contributed by atoms with E-state index in [2.05, 4.69) is 19.3 Å². The minimum Gasteiger partial charge on any atom is -0.382 e. The van der Waals surface area contributed by atoms with Crippen LogP contribution in [-0.2, 0) is 18.3 Å². The molecule has 0 radical (unpaired) electrons. The zero-order valence-electron chi connectivity index (χ0n) is 12.7. The third-order valence-electron chi connectivity index (χ3n) is 3.08. The Morgan fingerprint density at radius 3 is 2.81 bits per heavy atom. The van der Waals surface area contributed by atoms with E-state index in [1.807, 2.05) is 0 Å². The van der Waals surface area contributed by atoms with E-state index in [-0.39, 0.29) is 17.0 Å². The molecule has 0 amide bonds. The maximum atomic E-state index is 14.2. The van der Waals surface area contributed by atoms with Gasteiger partial charge in [0.05, 0.1) is 6.33 Å². The smallest absolute Gasteiger partial charge is 0.382 e. The Bertz CT molecular complexity index is 901. The molecule has 2 aromatic heterocycles. The molecule has 0 spiro atoms. The highest BCUT2D eigenvalue weighted by Gasteiger charge is 2.46. The van der Waals surface area contributed by atoms with Crippen LogP contribution in [0.4, 0.5) is 10.2 Å². The summed E-state index contributed by atoms with van der Waals surface area (Å²) in [6.07, 6.45) is -0.446. The summed E-state index contributed by atoms with van der Waals surface area (Å²) in [4.78, 5) is 47.6. The van der Waals surface area contributed by atoms with Crippen LogP contribution in [0.5, 0.6) is 0 Å². The minimum atomic E-state index is -5.14. The number of ether oxygens (including phenoxy) is 2. The van der Waals surface area contributed by atoms with Gasteiger partial charge in [0, 0.05) is 6.08 Å². The van der Waals surface area contributed by atoms with Gasteiger partial charge >= 0.3 is 15.8 Å². The number of phosphoric acid groups is 1. The van der Waals surface area contributed by atoms with Crippen molar-refractivity contribution in [2.75, 3.05) is 12.1 Å². The molecule has 2 aromatic rings. The van der Waals surface area contributed by atoms with Crippen LogP contribution in [0, 0.1) is 0 Å². The zero-order chi connectivity index (χ0) is 19.1. The third-order valence-corrected chi connectivity index (χ3v) is 5.46. The van der Waals surface area contributed by atoms with E-state index in [9.17, 15) is 18.7 Å². The Kier molecular flexibility index (Phi) is 5.05. The number of hydrogen-bond donors (Lipinski definition) is 5. The van der Waals surface area contributed by atoms with Gasteiger partial charge in [-0.15, -0.1) is 0 Å². The van der Waals surface area contributed by atoms with E-state index >= 15 is 0 Å². The van der Waals surface area contributed by atoms with Crippen LogP contribution in [0.2, 0.25) is 0 Å². The molecule has 1 aliphatic rings. The molecular weight excluding hydrogens is 399 g/mol. The van der Waals surface area contributed by atoms with Gasteiger partial charge in [0.2, 0.25) is 6.35 Å². The summed E-state index contributed by atoms with van der Waals surface area (Å²) in [5.74, 6) is -0.698. The number of hydrogen-bond acceptors (Lipinski definition) is 10. The molecule has 0 bridgehead atoms. The van der Waals surface area contributed by atoms with Crippen LogP contribution in [0.3, 0.4) is 0 Å². The van der Waals surface area contributed by atoms with Gasteiger partial charge in [-0.05, 0) is 0 Å². The SMILES string of the molecule is Nc1ncnc2c1ncn2C1OC(OC[P+](O)(O)OP(=O)(O)O)C=C1F. The predicted molar refractivity (Wildman–Crippen MR) is 83.3 cm³/mol. The quantitative estimate of drug-likeness (QED) is 0.397. The van der Waals surface area contributed by atoms with Crippen molar-refractivity contribution >= 4 is 32.7 Å². The van der Waals surface area contributed by atoms with Crippen molar-refractivity contribution in [2.45, 2.75) is 12.5 Å². The minimum absolute atomic E-state index is 0.0914. The molecular formula is C10H13FN5O8P2+. The molecule has 3 rings (SSSR count). The maximum absolute atomic E-state index is 14.2. The molecule has 1 aliphatic heterocycles. The van der Waals surface area contributed by atoms with E-state index in [4.69, 9.17) is 25.0 Å². The second kappa shape index (κ2) is 6.85. The number of aromatic nitrogens is 4. The Morgan fingerprint density at radius 2 is 2.12 bits per heavy atom. The Morgan fingerprint density at radius 1 is 1.38 bits per heavy atom. The number of halogens is 1. The largest absolute Gasteiger partial charge is 0.508 e. The topological polar surface area (TPSA) is 195 Å². The Hall–Kier alpha value is -1.60. The fourth-order valence-corrected chi connectivity index (χ4v) is 4.03. The first kappa shape index (κ1) is 19.2. The highest BCUT2D eigenvalue weighted by atomic mass is 31.3. The normalized spacial score (nSPS) is 21.3. The first-order valence-electron chi connectivity index (χ1n) is 6.73. The molecule has 13 nitrogen and oxygen atoms in total. The summed E-state index contributed by atoms with van der Waals surface area (Å²) in [7, 11) is -9.68. The molecule has 6 N–H and O–H groups in total. The van der Waals surface area contributed by atoms with Crippen LogP contribution in [0.15, 0.2) is 24.6 Å². The number of anilines is 1. The summed E-state index contributed by atoms with van der Waals surface area (Å²) in [5.41, 5.74) is 6.08. The van der Waals surface area contributed by atoms with Gasteiger partial charge in [0.25, 0.3) is 0 Å². The van der Waals surface area contributed by atoms with Crippen LogP contribution in [0.1, 0.15) is 6.23 Å². The number of nitrogens with zero attached hydrogens (tertiary/aromatic N) is 4. The van der Waals surface area contributed by atoms with Crippen molar-refractivity contribution in [3.05, 3.63) is 24.6 Å². The van der Waals surface area contributed by atoms with Crippen molar-refractivity contribution in [3.8, 4) is 0 Å². The summed E-state index contributed by atoms with van der Waals surface area (Å²) < 4.78 is 40.0. The summed E-state index contributed by atoms with van der Waals surface area (Å²) in [6, 6.07) is 0. The van der Waals surface area contributed by atoms with Crippen molar-refractivity contribution < 1.29 is 42.3 Å². The average molecular weight is 412 g/mol. The predicted octanol–water partition coefficient (Wildman–Crippen LogP) is -0.0526. The number of imidazole rings is 1. The molecule has 3 heterocycles. The maximum Gasteiger partial charge on any atom is 0.508 e.